The van der Waals surface area contributed by atoms with Crippen molar-refractivity contribution in [3.05, 3.63) is 29.1 Å². The van der Waals surface area contributed by atoms with E-state index in [0.29, 0.717) is 5.92 Å². The number of fused-ring (bicyclic) bond motifs is 2. The minimum atomic E-state index is -0.143. The summed E-state index contributed by atoms with van der Waals surface area (Å²) in [4.78, 5) is 17.6. The number of nitrogens with one attached hydrogen (secondary N) is 2. The molecule has 4 rings (SSSR count). The Morgan fingerprint density at radius 1 is 1.50 bits per heavy atom. The SMILES string of the molecule is CCc1nc2n(n1)CCC[C@@H]2NC(=O)[C@H]1C[C@H](C)Cc2cn[nH]c21. The largest absolute Gasteiger partial charge is 0.346 e. The predicted octanol–water partition coefficient (Wildman–Crippen LogP) is 1.88. The van der Waals surface area contributed by atoms with Gasteiger partial charge < -0.3 is 5.32 Å². The van der Waals surface area contributed by atoms with E-state index in [0.717, 1.165) is 56.0 Å². The molecular formula is C17H24N6O. The average molecular weight is 328 g/mol. The van der Waals surface area contributed by atoms with Gasteiger partial charge in [0.05, 0.1) is 23.9 Å². The van der Waals surface area contributed by atoms with Crippen LogP contribution in [0.2, 0.25) is 0 Å². The van der Waals surface area contributed by atoms with Gasteiger partial charge in [0.2, 0.25) is 5.91 Å². The number of carbonyl (C=O) groups is 1. The van der Waals surface area contributed by atoms with Gasteiger partial charge in [-0.1, -0.05) is 13.8 Å². The first-order valence-corrected chi connectivity index (χ1v) is 8.91. The van der Waals surface area contributed by atoms with Crippen LogP contribution in [0.25, 0.3) is 0 Å². The maximum Gasteiger partial charge on any atom is 0.229 e. The topological polar surface area (TPSA) is 88.5 Å². The molecule has 2 N–H and O–H groups in total. The van der Waals surface area contributed by atoms with Crippen molar-refractivity contribution in [2.75, 3.05) is 0 Å². The van der Waals surface area contributed by atoms with Gasteiger partial charge in [-0.05, 0) is 37.2 Å². The van der Waals surface area contributed by atoms with Gasteiger partial charge in [-0.15, -0.1) is 0 Å². The van der Waals surface area contributed by atoms with E-state index in [1.807, 2.05) is 10.9 Å². The fourth-order valence-corrected chi connectivity index (χ4v) is 3.96. The molecule has 0 saturated carbocycles. The first-order valence-electron chi connectivity index (χ1n) is 8.91. The molecule has 24 heavy (non-hydrogen) atoms. The van der Waals surface area contributed by atoms with Gasteiger partial charge in [0, 0.05) is 13.0 Å². The Bertz CT molecular complexity index is 748. The van der Waals surface area contributed by atoms with Crippen molar-refractivity contribution in [2.45, 2.75) is 64.5 Å². The van der Waals surface area contributed by atoms with Gasteiger partial charge >= 0.3 is 0 Å². The number of amides is 1. The van der Waals surface area contributed by atoms with Gasteiger partial charge in [0.15, 0.2) is 5.82 Å². The molecule has 1 amide bonds. The Kier molecular flexibility index (Phi) is 3.86. The van der Waals surface area contributed by atoms with Crippen LogP contribution < -0.4 is 5.32 Å². The van der Waals surface area contributed by atoms with Gasteiger partial charge in [-0.25, -0.2) is 9.67 Å². The first kappa shape index (κ1) is 15.4. The Labute approximate surface area is 141 Å². The summed E-state index contributed by atoms with van der Waals surface area (Å²) in [7, 11) is 0. The summed E-state index contributed by atoms with van der Waals surface area (Å²) in [6, 6.07) is -0.0392. The number of carbonyl (C=O) groups excluding carboxylic acids is 1. The molecule has 0 fully saturated rings. The predicted molar refractivity (Wildman–Crippen MR) is 88.3 cm³/mol. The van der Waals surface area contributed by atoms with Crippen LogP contribution in [0.5, 0.6) is 0 Å². The van der Waals surface area contributed by atoms with Gasteiger partial charge in [0.25, 0.3) is 0 Å². The molecule has 2 aromatic rings. The zero-order valence-corrected chi connectivity index (χ0v) is 14.2. The molecule has 2 aromatic heterocycles. The number of nitrogens with zero attached hydrogens (tertiary/aromatic N) is 4. The highest BCUT2D eigenvalue weighted by atomic mass is 16.2. The maximum atomic E-state index is 12.9. The van der Waals surface area contributed by atoms with Crippen molar-refractivity contribution >= 4 is 5.91 Å². The number of aryl methyl sites for hydroxylation is 2. The third-order valence-corrected chi connectivity index (χ3v) is 5.17. The molecule has 2 aliphatic rings. The lowest BCUT2D eigenvalue weighted by Crippen LogP contribution is -2.38. The second kappa shape index (κ2) is 6.03. The lowest BCUT2D eigenvalue weighted by atomic mass is 9.81. The molecule has 0 saturated heterocycles. The number of H-pyrrole nitrogens is 1. The number of aromatic nitrogens is 5. The molecule has 7 heteroatoms. The highest BCUT2D eigenvalue weighted by Crippen LogP contribution is 2.34. The standard InChI is InChI=1S/C17H24N6O/c1-3-14-20-16-13(5-4-6-23(16)22-14)19-17(24)12-8-10(2)7-11-9-18-21-15(11)12/h9-10,12-13H,3-8H2,1-2H3,(H,18,21)(H,19,24)/t10-,12+,13+/m1/s1. The van der Waals surface area contributed by atoms with Crippen LogP contribution in [0, 0.1) is 5.92 Å². The van der Waals surface area contributed by atoms with E-state index >= 15 is 0 Å². The zero-order chi connectivity index (χ0) is 16.7. The molecule has 0 aromatic carbocycles. The third kappa shape index (κ3) is 2.61. The fraction of sp³-hybridized carbons (Fsp3) is 0.647. The van der Waals surface area contributed by atoms with Crippen molar-refractivity contribution in [1.29, 1.82) is 0 Å². The Hall–Kier alpha value is -2.18. The number of rotatable bonds is 3. The summed E-state index contributed by atoms with van der Waals surface area (Å²) in [5, 5.41) is 14.9. The monoisotopic (exact) mass is 328 g/mol. The van der Waals surface area contributed by atoms with Crippen LogP contribution in [0.1, 0.15) is 68.0 Å². The highest BCUT2D eigenvalue weighted by Gasteiger charge is 2.34. The van der Waals surface area contributed by atoms with Gasteiger partial charge in [-0.3, -0.25) is 9.89 Å². The summed E-state index contributed by atoms with van der Waals surface area (Å²) < 4.78 is 1.96. The second-order valence-corrected chi connectivity index (χ2v) is 7.07. The van der Waals surface area contributed by atoms with E-state index in [2.05, 4.69) is 39.4 Å². The van der Waals surface area contributed by atoms with Crippen molar-refractivity contribution in [2.24, 2.45) is 5.92 Å². The van der Waals surface area contributed by atoms with E-state index < -0.39 is 0 Å². The smallest absolute Gasteiger partial charge is 0.229 e. The van der Waals surface area contributed by atoms with E-state index in [9.17, 15) is 4.79 Å². The quantitative estimate of drug-likeness (QED) is 0.900. The molecule has 3 atom stereocenters. The van der Waals surface area contributed by atoms with Crippen LogP contribution >= 0.6 is 0 Å². The van der Waals surface area contributed by atoms with Crippen LogP contribution in [0.3, 0.4) is 0 Å². The Morgan fingerprint density at radius 2 is 2.38 bits per heavy atom. The number of aromatic amines is 1. The molecule has 1 aliphatic heterocycles. The van der Waals surface area contributed by atoms with Crippen LogP contribution in [0.4, 0.5) is 0 Å². The first-order chi connectivity index (χ1) is 11.7. The molecule has 0 radical (unpaired) electrons. The van der Waals surface area contributed by atoms with Crippen molar-refractivity contribution in [3.63, 3.8) is 0 Å². The summed E-state index contributed by atoms with van der Waals surface area (Å²) in [5.41, 5.74) is 2.16. The van der Waals surface area contributed by atoms with Gasteiger partial charge in [0.1, 0.15) is 5.82 Å². The Morgan fingerprint density at radius 3 is 3.21 bits per heavy atom. The lowest BCUT2D eigenvalue weighted by molar-refractivity contribution is -0.124. The summed E-state index contributed by atoms with van der Waals surface area (Å²) in [6.07, 6.45) is 6.47. The van der Waals surface area contributed by atoms with Crippen LogP contribution in [-0.2, 0) is 24.2 Å². The average Bonchev–Trinajstić information content (AvgIpc) is 3.20. The van der Waals surface area contributed by atoms with Crippen LogP contribution in [0.15, 0.2) is 6.20 Å². The Balaban J connectivity index is 1.55. The fourth-order valence-electron chi connectivity index (χ4n) is 3.96. The summed E-state index contributed by atoms with van der Waals surface area (Å²) >= 11 is 0. The van der Waals surface area contributed by atoms with Crippen molar-refractivity contribution in [3.8, 4) is 0 Å². The third-order valence-electron chi connectivity index (χ3n) is 5.17. The van der Waals surface area contributed by atoms with Crippen molar-refractivity contribution < 1.29 is 4.79 Å². The van der Waals surface area contributed by atoms with E-state index in [1.54, 1.807) is 0 Å². The molecule has 1 aliphatic carbocycles. The van der Waals surface area contributed by atoms with E-state index in [-0.39, 0.29) is 17.9 Å². The minimum absolute atomic E-state index is 0.0392. The maximum absolute atomic E-state index is 12.9. The molecule has 0 spiro atoms. The zero-order valence-electron chi connectivity index (χ0n) is 14.2. The second-order valence-electron chi connectivity index (χ2n) is 7.07. The summed E-state index contributed by atoms with van der Waals surface area (Å²) in [5.74, 6) is 2.18. The lowest BCUT2D eigenvalue weighted by Gasteiger charge is -2.29. The molecule has 7 nitrogen and oxygen atoms in total. The van der Waals surface area contributed by atoms with E-state index in [4.69, 9.17) is 0 Å². The highest BCUT2D eigenvalue weighted by molar-refractivity contribution is 5.84. The molecule has 128 valence electrons. The molecule has 0 unspecified atom stereocenters. The number of hydrogen-bond acceptors (Lipinski definition) is 4. The van der Waals surface area contributed by atoms with Gasteiger partial charge in [-0.2, -0.15) is 10.2 Å². The number of hydrogen-bond donors (Lipinski definition) is 2. The van der Waals surface area contributed by atoms with Crippen molar-refractivity contribution in [1.82, 2.24) is 30.3 Å². The minimum Gasteiger partial charge on any atom is -0.346 e. The summed E-state index contributed by atoms with van der Waals surface area (Å²) in [6.45, 7) is 5.14. The molecular weight excluding hydrogens is 304 g/mol. The molecule has 0 bridgehead atoms. The van der Waals surface area contributed by atoms with Crippen LogP contribution in [-0.4, -0.2) is 30.9 Å². The normalized spacial score (nSPS) is 25.8. The van der Waals surface area contributed by atoms with E-state index in [1.165, 1.54) is 5.56 Å². The molecule has 3 heterocycles.